The second-order valence-electron chi connectivity index (χ2n) is 8.19. The predicted molar refractivity (Wildman–Crippen MR) is 116 cm³/mol. The zero-order valence-electron chi connectivity index (χ0n) is 17.1. The summed E-state index contributed by atoms with van der Waals surface area (Å²) in [7, 11) is 0. The zero-order valence-corrected chi connectivity index (χ0v) is 17.1. The summed E-state index contributed by atoms with van der Waals surface area (Å²) in [5.74, 6) is 0.347. The van der Waals surface area contributed by atoms with Gasteiger partial charge in [-0.25, -0.2) is 0 Å². The van der Waals surface area contributed by atoms with Gasteiger partial charge in [-0.05, 0) is 66.4 Å². The first kappa shape index (κ1) is 18.9. The summed E-state index contributed by atoms with van der Waals surface area (Å²) in [6.07, 6.45) is 6.81. The normalized spacial score (nSPS) is 24.6. The van der Waals surface area contributed by atoms with Crippen LogP contribution in [-0.4, -0.2) is 5.78 Å². The number of fused-ring (bicyclic) bond motifs is 1. The zero-order chi connectivity index (χ0) is 19.6. The number of rotatable bonds is 4. The first-order chi connectivity index (χ1) is 13.7. The van der Waals surface area contributed by atoms with Crippen molar-refractivity contribution in [3.63, 3.8) is 0 Å². The SMILES string of the molecule is CC/C1=C2\CCC\C2=C(/CC)C(=O)CC(c2ccccc2)(c2ccccc2)C1. The molecule has 144 valence electrons. The molecule has 0 unspecified atom stereocenters. The molecule has 1 heteroatoms. The molecule has 0 bridgehead atoms. The highest BCUT2D eigenvalue weighted by molar-refractivity contribution is 5.98. The summed E-state index contributed by atoms with van der Waals surface area (Å²) in [5, 5.41) is 0. The Morgan fingerprint density at radius 3 is 1.86 bits per heavy atom. The number of carbonyl (C=O) groups is 1. The lowest BCUT2D eigenvalue weighted by Gasteiger charge is -2.38. The van der Waals surface area contributed by atoms with Crippen molar-refractivity contribution < 1.29 is 4.79 Å². The molecule has 28 heavy (non-hydrogen) atoms. The largest absolute Gasteiger partial charge is 0.294 e. The molecule has 0 N–H and O–H groups in total. The summed E-state index contributed by atoms with van der Waals surface area (Å²) in [6, 6.07) is 21.4. The smallest absolute Gasteiger partial charge is 0.160 e. The maximum absolute atomic E-state index is 13.6. The minimum Gasteiger partial charge on any atom is -0.294 e. The first-order valence-electron chi connectivity index (χ1n) is 10.8. The second-order valence-corrected chi connectivity index (χ2v) is 8.19. The summed E-state index contributed by atoms with van der Waals surface area (Å²) in [5.41, 5.74) is 7.78. The van der Waals surface area contributed by atoms with Gasteiger partial charge in [-0.15, -0.1) is 0 Å². The van der Waals surface area contributed by atoms with Crippen LogP contribution in [0.2, 0.25) is 0 Å². The Hall–Kier alpha value is -2.41. The Bertz CT molecular complexity index is 876. The lowest BCUT2D eigenvalue weighted by molar-refractivity contribution is -0.116. The van der Waals surface area contributed by atoms with Crippen LogP contribution < -0.4 is 0 Å². The molecule has 0 aromatic heterocycles. The van der Waals surface area contributed by atoms with Gasteiger partial charge in [-0.1, -0.05) is 80.1 Å². The lowest BCUT2D eigenvalue weighted by atomic mass is 9.64. The monoisotopic (exact) mass is 370 g/mol. The molecule has 1 saturated carbocycles. The highest BCUT2D eigenvalue weighted by Gasteiger charge is 2.40. The molecule has 0 amide bonds. The molecule has 2 aromatic rings. The van der Waals surface area contributed by atoms with E-state index in [1.165, 1.54) is 28.7 Å². The van der Waals surface area contributed by atoms with Crippen molar-refractivity contribution in [3.8, 4) is 0 Å². The van der Waals surface area contributed by atoms with E-state index in [-0.39, 0.29) is 5.41 Å². The Labute approximate surface area is 169 Å². The number of carbonyl (C=O) groups excluding carboxylic acids is 1. The van der Waals surface area contributed by atoms with Crippen molar-refractivity contribution >= 4 is 5.78 Å². The third-order valence-corrected chi connectivity index (χ3v) is 6.76. The number of hydrogen-bond acceptors (Lipinski definition) is 1. The topological polar surface area (TPSA) is 17.1 Å². The van der Waals surface area contributed by atoms with Gasteiger partial charge in [0.25, 0.3) is 0 Å². The maximum atomic E-state index is 13.6. The molecule has 0 atom stereocenters. The number of Topliss-reactive ketones (excluding diaryl/α,β-unsaturated/α-hetero) is 1. The average molecular weight is 371 g/mol. The van der Waals surface area contributed by atoms with Crippen LogP contribution in [0.5, 0.6) is 0 Å². The van der Waals surface area contributed by atoms with Crippen molar-refractivity contribution in [2.24, 2.45) is 0 Å². The number of allylic oxidation sites excluding steroid dienone is 4. The minimum absolute atomic E-state index is 0.285. The Morgan fingerprint density at radius 2 is 1.32 bits per heavy atom. The standard InChI is InChI=1S/C27H30O/c1-3-20-18-27(21-12-7-5-8-13-21,22-14-9-6-10-15-22)19-26(28)23(4-2)25-17-11-16-24(20)25/h5-10,12-15H,3-4,11,16-19H2,1-2H3/b24-20-,25-23-. The molecule has 2 aliphatic carbocycles. The van der Waals surface area contributed by atoms with Gasteiger partial charge in [0.15, 0.2) is 5.78 Å². The second kappa shape index (κ2) is 7.91. The Morgan fingerprint density at radius 1 is 0.750 bits per heavy atom. The molecule has 0 spiro atoms. The molecule has 0 aliphatic heterocycles. The summed E-state index contributed by atoms with van der Waals surface area (Å²) >= 11 is 0. The van der Waals surface area contributed by atoms with E-state index in [1.807, 2.05) is 0 Å². The Kier molecular flexibility index (Phi) is 5.35. The van der Waals surface area contributed by atoms with Gasteiger partial charge >= 0.3 is 0 Å². The van der Waals surface area contributed by atoms with Crippen LogP contribution in [0.3, 0.4) is 0 Å². The molecule has 2 aromatic carbocycles. The van der Waals surface area contributed by atoms with E-state index in [1.54, 1.807) is 5.57 Å². The van der Waals surface area contributed by atoms with Gasteiger partial charge in [0, 0.05) is 11.8 Å². The first-order valence-corrected chi connectivity index (χ1v) is 10.8. The fourth-order valence-corrected chi connectivity index (χ4v) is 5.39. The highest BCUT2D eigenvalue weighted by Crippen LogP contribution is 2.48. The van der Waals surface area contributed by atoms with Gasteiger partial charge in [-0.3, -0.25) is 4.79 Å². The fraction of sp³-hybridized carbons (Fsp3) is 0.370. The Balaban J connectivity index is 1.98. The van der Waals surface area contributed by atoms with Crippen LogP contribution in [0.4, 0.5) is 0 Å². The third-order valence-electron chi connectivity index (χ3n) is 6.76. The van der Waals surface area contributed by atoms with E-state index >= 15 is 0 Å². The summed E-state index contributed by atoms with van der Waals surface area (Å²) < 4.78 is 0. The predicted octanol–water partition coefficient (Wildman–Crippen LogP) is 6.93. The molecule has 0 saturated heterocycles. The number of hydrogen-bond donors (Lipinski definition) is 0. The van der Waals surface area contributed by atoms with Crippen LogP contribution in [-0.2, 0) is 10.2 Å². The molecular weight excluding hydrogens is 340 g/mol. The van der Waals surface area contributed by atoms with Gasteiger partial charge < -0.3 is 0 Å². The number of benzene rings is 2. The van der Waals surface area contributed by atoms with Gasteiger partial charge in [0.2, 0.25) is 0 Å². The van der Waals surface area contributed by atoms with Crippen molar-refractivity contribution in [2.75, 3.05) is 0 Å². The van der Waals surface area contributed by atoms with Crippen LogP contribution in [0.15, 0.2) is 83.0 Å². The molecular formula is C27H30O. The van der Waals surface area contributed by atoms with E-state index in [0.717, 1.165) is 37.7 Å². The van der Waals surface area contributed by atoms with E-state index in [4.69, 9.17) is 0 Å². The lowest BCUT2D eigenvalue weighted by Crippen LogP contribution is -2.33. The third kappa shape index (κ3) is 3.17. The van der Waals surface area contributed by atoms with Crippen molar-refractivity contribution in [1.82, 2.24) is 0 Å². The van der Waals surface area contributed by atoms with Gasteiger partial charge in [0.05, 0.1) is 0 Å². The molecule has 1 fully saturated rings. The highest BCUT2D eigenvalue weighted by atomic mass is 16.1. The van der Waals surface area contributed by atoms with Crippen LogP contribution in [0, 0.1) is 0 Å². The van der Waals surface area contributed by atoms with Crippen LogP contribution >= 0.6 is 0 Å². The quantitative estimate of drug-likeness (QED) is 0.570. The van der Waals surface area contributed by atoms with E-state index < -0.39 is 0 Å². The van der Waals surface area contributed by atoms with E-state index in [0.29, 0.717) is 12.2 Å². The van der Waals surface area contributed by atoms with E-state index in [9.17, 15) is 4.79 Å². The van der Waals surface area contributed by atoms with E-state index in [2.05, 4.69) is 74.5 Å². The molecule has 2 aliphatic rings. The van der Waals surface area contributed by atoms with Crippen molar-refractivity contribution in [3.05, 3.63) is 94.1 Å². The summed E-state index contributed by atoms with van der Waals surface area (Å²) in [6.45, 7) is 4.43. The minimum atomic E-state index is -0.285. The maximum Gasteiger partial charge on any atom is 0.160 e. The number of ketones is 1. The van der Waals surface area contributed by atoms with Gasteiger partial charge in [0.1, 0.15) is 0 Å². The molecule has 4 rings (SSSR count). The van der Waals surface area contributed by atoms with Crippen molar-refractivity contribution in [2.45, 2.75) is 64.2 Å². The molecule has 1 nitrogen and oxygen atoms in total. The molecule has 0 heterocycles. The van der Waals surface area contributed by atoms with Gasteiger partial charge in [-0.2, -0.15) is 0 Å². The average Bonchev–Trinajstić information content (AvgIpc) is 3.21. The summed E-state index contributed by atoms with van der Waals surface area (Å²) in [4.78, 5) is 13.6. The van der Waals surface area contributed by atoms with Crippen molar-refractivity contribution in [1.29, 1.82) is 0 Å². The van der Waals surface area contributed by atoms with Crippen LogP contribution in [0.1, 0.15) is 69.9 Å². The fourth-order valence-electron chi connectivity index (χ4n) is 5.39. The molecule has 0 radical (unpaired) electrons. The van der Waals surface area contributed by atoms with Crippen LogP contribution in [0.25, 0.3) is 0 Å².